The van der Waals surface area contributed by atoms with E-state index in [0.717, 1.165) is 24.2 Å². The van der Waals surface area contributed by atoms with Crippen molar-refractivity contribution in [2.45, 2.75) is 12.5 Å². The van der Waals surface area contributed by atoms with Gasteiger partial charge in [0.25, 0.3) is 0 Å². The molecule has 1 unspecified atom stereocenters. The molecule has 0 fully saturated rings. The van der Waals surface area contributed by atoms with Crippen LogP contribution in [0.4, 0.5) is 5.69 Å². The first-order valence-corrected chi connectivity index (χ1v) is 4.48. The predicted molar refractivity (Wildman–Crippen MR) is 52.9 cm³/mol. The molecule has 1 atom stereocenters. The molecule has 3 N–H and O–H groups in total. The Balaban J connectivity index is 2.56. The van der Waals surface area contributed by atoms with Crippen LogP contribution in [0, 0.1) is 0 Å². The van der Waals surface area contributed by atoms with Crippen LogP contribution in [-0.2, 0) is 0 Å². The Morgan fingerprint density at radius 2 is 2.31 bits per heavy atom. The van der Waals surface area contributed by atoms with Gasteiger partial charge < -0.3 is 15.7 Å². The van der Waals surface area contributed by atoms with E-state index in [0.29, 0.717) is 5.75 Å². The second-order valence-electron chi connectivity index (χ2n) is 3.53. The number of fused-ring (bicyclic) bond motifs is 1. The number of benzene rings is 1. The standard InChI is InChI=1S/C10H14N2O/c1-12-6-5-8(11)7-3-2-4-9(13)10(7)12/h2-4,8,13H,5-6,11H2,1H3. The zero-order chi connectivity index (χ0) is 9.42. The van der Waals surface area contributed by atoms with Crippen molar-refractivity contribution in [3.8, 4) is 5.75 Å². The van der Waals surface area contributed by atoms with Gasteiger partial charge in [-0.1, -0.05) is 12.1 Å². The number of para-hydroxylation sites is 1. The van der Waals surface area contributed by atoms with Gasteiger partial charge in [-0.3, -0.25) is 0 Å². The summed E-state index contributed by atoms with van der Waals surface area (Å²) >= 11 is 0. The third-order valence-corrected chi connectivity index (χ3v) is 2.60. The van der Waals surface area contributed by atoms with E-state index in [2.05, 4.69) is 0 Å². The maximum absolute atomic E-state index is 9.65. The summed E-state index contributed by atoms with van der Waals surface area (Å²) in [6.07, 6.45) is 0.951. The molecule has 1 heterocycles. The molecule has 13 heavy (non-hydrogen) atoms. The summed E-state index contributed by atoms with van der Waals surface area (Å²) in [5.41, 5.74) is 7.88. The number of hydrogen-bond donors (Lipinski definition) is 2. The summed E-state index contributed by atoms with van der Waals surface area (Å²) in [5, 5.41) is 9.65. The molecule has 1 aromatic rings. The molecule has 70 valence electrons. The number of phenols is 1. The largest absolute Gasteiger partial charge is 0.506 e. The molecule has 0 aromatic heterocycles. The van der Waals surface area contributed by atoms with Gasteiger partial charge in [-0.05, 0) is 18.1 Å². The summed E-state index contributed by atoms with van der Waals surface area (Å²) in [6, 6.07) is 5.59. The van der Waals surface area contributed by atoms with Gasteiger partial charge >= 0.3 is 0 Å². The van der Waals surface area contributed by atoms with E-state index < -0.39 is 0 Å². The van der Waals surface area contributed by atoms with E-state index in [4.69, 9.17) is 5.73 Å². The lowest BCUT2D eigenvalue weighted by Gasteiger charge is -2.31. The van der Waals surface area contributed by atoms with Crippen molar-refractivity contribution in [1.29, 1.82) is 0 Å². The van der Waals surface area contributed by atoms with Crippen LogP contribution < -0.4 is 10.6 Å². The molecule has 3 heteroatoms. The molecule has 1 aliphatic rings. The van der Waals surface area contributed by atoms with Crippen LogP contribution in [0.3, 0.4) is 0 Å². The van der Waals surface area contributed by atoms with Crippen molar-refractivity contribution in [1.82, 2.24) is 0 Å². The fraction of sp³-hybridized carbons (Fsp3) is 0.400. The number of aromatic hydroxyl groups is 1. The van der Waals surface area contributed by atoms with Gasteiger partial charge in [-0.25, -0.2) is 0 Å². The van der Waals surface area contributed by atoms with Crippen LogP contribution in [-0.4, -0.2) is 18.7 Å². The average molecular weight is 178 g/mol. The quantitative estimate of drug-likeness (QED) is 0.628. The summed E-state index contributed by atoms with van der Waals surface area (Å²) < 4.78 is 0. The first-order chi connectivity index (χ1) is 6.20. The van der Waals surface area contributed by atoms with E-state index in [1.807, 2.05) is 24.1 Å². The fourth-order valence-corrected chi connectivity index (χ4v) is 1.86. The number of phenolic OH excluding ortho intramolecular Hbond substituents is 1. The van der Waals surface area contributed by atoms with E-state index in [-0.39, 0.29) is 6.04 Å². The topological polar surface area (TPSA) is 49.5 Å². The van der Waals surface area contributed by atoms with Crippen LogP contribution in [0.15, 0.2) is 18.2 Å². The third-order valence-electron chi connectivity index (χ3n) is 2.60. The molecule has 0 amide bonds. The first-order valence-electron chi connectivity index (χ1n) is 4.48. The van der Waals surface area contributed by atoms with Gasteiger partial charge in [0.2, 0.25) is 0 Å². The average Bonchev–Trinajstić information content (AvgIpc) is 2.12. The van der Waals surface area contributed by atoms with Crippen LogP contribution >= 0.6 is 0 Å². The van der Waals surface area contributed by atoms with E-state index >= 15 is 0 Å². The van der Waals surface area contributed by atoms with Crippen LogP contribution in [0.2, 0.25) is 0 Å². The highest BCUT2D eigenvalue weighted by Crippen LogP contribution is 2.37. The minimum Gasteiger partial charge on any atom is -0.506 e. The monoisotopic (exact) mass is 178 g/mol. The normalized spacial score (nSPS) is 21.4. The summed E-state index contributed by atoms with van der Waals surface area (Å²) in [5.74, 6) is 0.329. The first kappa shape index (κ1) is 8.38. The highest BCUT2D eigenvalue weighted by molar-refractivity contribution is 5.65. The predicted octanol–water partition coefficient (Wildman–Crippen LogP) is 1.23. The molecule has 0 saturated carbocycles. The van der Waals surface area contributed by atoms with E-state index in [9.17, 15) is 5.11 Å². The maximum atomic E-state index is 9.65. The van der Waals surface area contributed by atoms with Gasteiger partial charge in [0, 0.05) is 19.6 Å². The van der Waals surface area contributed by atoms with Crippen LogP contribution in [0.1, 0.15) is 18.0 Å². The maximum Gasteiger partial charge on any atom is 0.139 e. The van der Waals surface area contributed by atoms with Crippen molar-refractivity contribution in [3.63, 3.8) is 0 Å². The lowest BCUT2D eigenvalue weighted by atomic mass is 9.97. The molecule has 0 radical (unpaired) electrons. The van der Waals surface area contributed by atoms with Crippen molar-refractivity contribution < 1.29 is 5.11 Å². The van der Waals surface area contributed by atoms with Crippen molar-refractivity contribution >= 4 is 5.69 Å². The van der Waals surface area contributed by atoms with Crippen molar-refractivity contribution in [3.05, 3.63) is 23.8 Å². The SMILES string of the molecule is CN1CCC(N)c2cccc(O)c21. The zero-order valence-electron chi connectivity index (χ0n) is 7.70. The summed E-state index contributed by atoms with van der Waals surface area (Å²) in [4.78, 5) is 2.05. The van der Waals surface area contributed by atoms with E-state index in [1.54, 1.807) is 6.07 Å². The summed E-state index contributed by atoms with van der Waals surface area (Å²) in [7, 11) is 1.98. The molecule has 3 nitrogen and oxygen atoms in total. The minimum absolute atomic E-state index is 0.0679. The molecule has 0 saturated heterocycles. The van der Waals surface area contributed by atoms with Gasteiger partial charge in [0.15, 0.2) is 0 Å². The lowest BCUT2D eigenvalue weighted by Crippen LogP contribution is -2.30. The molecule has 1 aromatic carbocycles. The number of rotatable bonds is 0. The number of hydrogen-bond acceptors (Lipinski definition) is 3. The zero-order valence-corrected chi connectivity index (χ0v) is 7.70. The third kappa shape index (κ3) is 1.25. The fourth-order valence-electron chi connectivity index (χ4n) is 1.86. The van der Waals surface area contributed by atoms with Crippen LogP contribution in [0.25, 0.3) is 0 Å². The molecule has 0 spiro atoms. The molecule has 0 aliphatic carbocycles. The lowest BCUT2D eigenvalue weighted by molar-refractivity contribution is 0.468. The van der Waals surface area contributed by atoms with Crippen LogP contribution in [0.5, 0.6) is 5.75 Å². The second kappa shape index (κ2) is 2.92. The Hall–Kier alpha value is -1.22. The smallest absolute Gasteiger partial charge is 0.139 e. The second-order valence-corrected chi connectivity index (χ2v) is 3.53. The van der Waals surface area contributed by atoms with E-state index in [1.165, 1.54) is 0 Å². The molecular weight excluding hydrogens is 164 g/mol. The highest BCUT2D eigenvalue weighted by atomic mass is 16.3. The minimum atomic E-state index is 0.0679. The number of nitrogens with zero attached hydrogens (tertiary/aromatic N) is 1. The Morgan fingerprint density at radius 1 is 1.54 bits per heavy atom. The molecule has 2 rings (SSSR count). The summed E-state index contributed by atoms with van der Waals surface area (Å²) in [6.45, 7) is 0.908. The van der Waals surface area contributed by atoms with Gasteiger partial charge in [-0.15, -0.1) is 0 Å². The number of anilines is 1. The van der Waals surface area contributed by atoms with Crippen molar-refractivity contribution in [2.24, 2.45) is 5.73 Å². The van der Waals surface area contributed by atoms with Gasteiger partial charge in [0.05, 0.1) is 5.69 Å². The Labute approximate surface area is 77.8 Å². The van der Waals surface area contributed by atoms with Crippen molar-refractivity contribution in [2.75, 3.05) is 18.5 Å². The Morgan fingerprint density at radius 3 is 3.00 bits per heavy atom. The van der Waals surface area contributed by atoms with Gasteiger partial charge in [-0.2, -0.15) is 0 Å². The Kier molecular flexibility index (Phi) is 1.88. The molecule has 1 aliphatic heterocycles. The number of nitrogens with two attached hydrogens (primary N) is 1. The molecular formula is C10H14N2O. The highest BCUT2D eigenvalue weighted by Gasteiger charge is 2.22. The molecule has 0 bridgehead atoms. The Bertz CT molecular complexity index is 325. The van der Waals surface area contributed by atoms with Gasteiger partial charge in [0.1, 0.15) is 5.75 Å².